The molecule has 0 radical (unpaired) electrons. The van der Waals surface area contributed by atoms with Crippen LogP contribution < -0.4 is 0 Å². The molecule has 0 N–H and O–H groups in total. The van der Waals surface area contributed by atoms with Crippen molar-refractivity contribution in [3.05, 3.63) is 24.8 Å². The van der Waals surface area contributed by atoms with E-state index in [1.807, 2.05) is 0 Å². The van der Waals surface area contributed by atoms with E-state index in [1.54, 1.807) is 0 Å². The Morgan fingerprint density at radius 3 is 2.00 bits per heavy atom. The maximum Gasteiger partial charge on any atom is 0.468 e. The van der Waals surface area contributed by atoms with E-state index in [-0.39, 0.29) is 0 Å². The van der Waals surface area contributed by atoms with Crippen LogP contribution in [0.25, 0.3) is 0 Å². The molecule has 1 atom stereocenters. The van der Waals surface area contributed by atoms with Crippen molar-refractivity contribution in [3.63, 3.8) is 0 Å². The van der Waals surface area contributed by atoms with Gasteiger partial charge in [-0.3, -0.25) is 0 Å². The summed E-state index contributed by atoms with van der Waals surface area (Å²) < 4.78 is 137. The van der Waals surface area contributed by atoms with Crippen LogP contribution in [0.2, 0.25) is 0 Å². The quantitative estimate of drug-likeness (QED) is 0.0781. The summed E-state index contributed by atoms with van der Waals surface area (Å²) in [6.45, 7) is 4.53. The Labute approximate surface area is 171 Å². The van der Waals surface area contributed by atoms with Crippen LogP contribution >= 0.6 is 0 Å². The van der Waals surface area contributed by atoms with Gasteiger partial charge in [0.15, 0.2) is 10.1 Å². The van der Waals surface area contributed by atoms with Crippen LogP contribution in [0, 0.1) is 0 Å². The van der Waals surface area contributed by atoms with E-state index in [9.17, 15) is 53.3 Å². The third-order valence-corrected chi connectivity index (χ3v) is 4.17. The number of hydrogen-bond donors (Lipinski definition) is 0. The molecule has 0 saturated heterocycles. The number of carbonyl (C=O) groups excluding carboxylic acids is 2. The van der Waals surface area contributed by atoms with Gasteiger partial charge in [0.25, 0.3) is 0 Å². The number of hydrogen-bond acceptors (Lipinski definition) is 8. The Bertz CT molecular complexity index is 807. The minimum atomic E-state index is -6.81. The van der Waals surface area contributed by atoms with Crippen LogP contribution in [0.5, 0.6) is 0 Å². The van der Waals surface area contributed by atoms with Crippen molar-refractivity contribution in [1.29, 1.82) is 0 Å². The monoisotopic (exact) mass is 489 g/mol. The summed E-state index contributed by atoms with van der Waals surface area (Å²) in [5.74, 6) is -14.1. The zero-order valence-electron chi connectivity index (χ0n) is 15.6. The van der Waals surface area contributed by atoms with Gasteiger partial charge in [-0.15, -0.1) is 0 Å². The molecule has 0 saturated carbocycles. The first kappa shape index (κ1) is 28.8. The van der Waals surface area contributed by atoms with Gasteiger partial charge in [0, 0.05) is 12.0 Å². The van der Waals surface area contributed by atoms with Crippen molar-refractivity contribution in [1.82, 2.24) is 0 Å². The molecule has 31 heavy (non-hydrogen) atoms. The van der Waals surface area contributed by atoms with Crippen LogP contribution in [-0.4, -0.2) is 61.3 Å². The van der Waals surface area contributed by atoms with Crippen molar-refractivity contribution in [2.75, 3.05) is 13.2 Å². The van der Waals surface area contributed by atoms with Gasteiger partial charge in [-0.1, -0.05) is 19.2 Å². The summed E-state index contributed by atoms with van der Waals surface area (Å²) in [5.41, 5.74) is -0.638. The molecule has 8 nitrogen and oxygen atoms in total. The molecule has 0 spiro atoms. The number of carbonyl (C=O) groups is 2. The van der Waals surface area contributed by atoms with Crippen molar-refractivity contribution in [3.8, 4) is 0 Å². The molecule has 0 amide bonds. The fourth-order valence-corrected chi connectivity index (χ4v) is 2.14. The Hall–Kier alpha value is -2.20. The van der Waals surface area contributed by atoms with E-state index < -0.39 is 76.8 Å². The molecule has 0 aromatic carbocycles. The van der Waals surface area contributed by atoms with E-state index in [1.165, 1.54) is 0 Å². The number of esters is 2. The van der Waals surface area contributed by atoms with Crippen molar-refractivity contribution < 1.29 is 67.5 Å². The average Bonchev–Trinajstić information content (AvgIpc) is 2.59. The second-order valence-electron chi connectivity index (χ2n) is 5.80. The molecule has 180 valence electrons. The van der Waals surface area contributed by atoms with E-state index in [0.29, 0.717) is 0 Å². The molecule has 0 aromatic rings. The smallest absolute Gasteiger partial charge is 0.468 e. The Kier molecular flexibility index (Phi) is 9.24. The third-order valence-electron chi connectivity index (χ3n) is 3.24. The van der Waals surface area contributed by atoms with Gasteiger partial charge in [0.1, 0.15) is 6.61 Å². The molecule has 1 unspecified atom stereocenters. The highest BCUT2D eigenvalue weighted by atomic mass is 32.2. The lowest BCUT2D eigenvalue weighted by Crippen LogP contribution is -2.58. The number of alkyl halides is 7. The fraction of sp³-hybridized carbons (Fsp3) is 0.600. The van der Waals surface area contributed by atoms with E-state index in [4.69, 9.17) is 0 Å². The lowest BCUT2D eigenvalue weighted by atomic mass is 10.2. The summed E-state index contributed by atoms with van der Waals surface area (Å²) in [4.78, 5) is 23.5. The highest BCUT2D eigenvalue weighted by Crippen LogP contribution is 2.42. The molecule has 0 aliphatic carbocycles. The molecule has 0 rings (SSSR count). The number of rotatable bonds is 12. The fourth-order valence-electron chi connectivity index (χ4n) is 1.67. The van der Waals surface area contributed by atoms with Crippen molar-refractivity contribution in [2.45, 2.75) is 42.9 Å². The largest absolute Gasteiger partial charge is 0.743 e. The van der Waals surface area contributed by atoms with Crippen LogP contribution in [0.15, 0.2) is 24.8 Å². The van der Waals surface area contributed by atoms with Crippen LogP contribution in [0.3, 0.4) is 0 Å². The van der Waals surface area contributed by atoms with Gasteiger partial charge in [0.05, 0.1) is 6.61 Å². The second kappa shape index (κ2) is 9.95. The lowest BCUT2D eigenvalue weighted by molar-refractivity contribution is -0.354. The van der Waals surface area contributed by atoms with Crippen LogP contribution in [-0.2, 0) is 33.9 Å². The molecule has 0 fully saturated rings. The first-order chi connectivity index (χ1) is 13.8. The maximum absolute atomic E-state index is 13.5. The molecule has 0 aliphatic heterocycles. The highest BCUT2D eigenvalue weighted by Gasteiger charge is 2.68. The van der Waals surface area contributed by atoms with Gasteiger partial charge < -0.3 is 18.8 Å². The first-order valence-corrected chi connectivity index (χ1v) is 9.26. The van der Waals surface area contributed by atoms with Gasteiger partial charge in [-0.05, 0) is 13.3 Å². The molecular weight excluding hydrogens is 473 g/mol. The molecule has 0 aliphatic rings. The summed E-state index contributed by atoms with van der Waals surface area (Å²) in [7, 11) is -6.81. The molecule has 0 bridgehead atoms. The minimum Gasteiger partial charge on any atom is -0.743 e. The van der Waals surface area contributed by atoms with E-state index in [2.05, 4.69) is 27.4 Å². The van der Waals surface area contributed by atoms with Gasteiger partial charge in [0.2, 0.25) is 0 Å². The van der Waals surface area contributed by atoms with Gasteiger partial charge >= 0.3 is 35.1 Å². The molecule has 0 aromatic heterocycles. The van der Waals surface area contributed by atoms with E-state index in [0.717, 1.165) is 13.0 Å². The normalized spacial score (nSPS) is 15.0. The summed E-state index contributed by atoms with van der Waals surface area (Å²) >= 11 is 0. The lowest BCUT2D eigenvalue weighted by Gasteiger charge is -2.32. The van der Waals surface area contributed by atoms with Crippen LogP contribution in [0.4, 0.5) is 30.7 Å². The van der Waals surface area contributed by atoms with Crippen molar-refractivity contribution >= 4 is 22.1 Å². The van der Waals surface area contributed by atoms with Crippen molar-refractivity contribution in [2.24, 2.45) is 0 Å². The average molecular weight is 489 g/mol. The SMILES string of the molecule is C=CCOC(=O)C(OCCCC(F)(F)C(F)(F)S(=O)(=O)[O-])(OC(=O)C(=C)C)C(F)(F)F. The highest BCUT2D eigenvalue weighted by molar-refractivity contribution is 7.86. The van der Waals surface area contributed by atoms with E-state index >= 15 is 0 Å². The summed E-state index contributed by atoms with van der Waals surface area (Å²) in [6.07, 6.45) is -8.60. The summed E-state index contributed by atoms with van der Waals surface area (Å²) in [5, 5.41) is -6.07. The Morgan fingerprint density at radius 2 is 1.61 bits per heavy atom. The predicted molar refractivity (Wildman–Crippen MR) is 85.6 cm³/mol. The zero-order valence-corrected chi connectivity index (χ0v) is 16.5. The standard InChI is InChI=1S/C15H17F7O8S/c1-4-7-28-11(24)13(14(18,19)20,30-10(23)9(2)3)29-8-5-6-12(16,17)15(21,22)31(25,26)27/h4H,1-2,5-8H2,3H3,(H,25,26,27)/p-1. The number of halogens is 7. The Balaban J connectivity index is 5.74. The predicted octanol–water partition coefficient (Wildman–Crippen LogP) is 2.66. The second-order valence-corrected chi connectivity index (χ2v) is 7.22. The van der Waals surface area contributed by atoms with Gasteiger partial charge in [-0.2, -0.15) is 30.7 Å². The molecule has 0 heterocycles. The summed E-state index contributed by atoms with van der Waals surface area (Å²) in [6, 6.07) is 0. The third kappa shape index (κ3) is 6.64. The Morgan fingerprint density at radius 1 is 1.10 bits per heavy atom. The minimum absolute atomic E-state index is 0.638. The molecule has 16 heteroatoms. The van der Waals surface area contributed by atoms with Crippen LogP contribution in [0.1, 0.15) is 19.8 Å². The number of ether oxygens (including phenoxy) is 3. The first-order valence-electron chi connectivity index (χ1n) is 7.85. The van der Waals surface area contributed by atoms with Gasteiger partial charge in [-0.25, -0.2) is 18.0 Å². The molecular formula is C15H16F7O8S-. The maximum atomic E-state index is 13.5. The topological polar surface area (TPSA) is 119 Å². The zero-order chi connectivity index (χ0) is 24.9.